The van der Waals surface area contributed by atoms with E-state index in [1.54, 1.807) is 12.1 Å². The van der Waals surface area contributed by atoms with E-state index in [0.717, 1.165) is 5.56 Å². The number of carboxylic acids is 1. The van der Waals surface area contributed by atoms with Crippen LogP contribution in [0, 0.1) is 6.92 Å². The molecule has 0 saturated heterocycles. The SMILES string of the molecule is COc1cc(C)cc(CCC(=O)O)c1O. The summed E-state index contributed by atoms with van der Waals surface area (Å²) < 4.78 is 4.98. The molecule has 4 nitrogen and oxygen atoms in total. The van der Waals surface area contributed by atoms with Crippen molar-refractivity contribution < 1.29 is 19.7 Å². The molecule has 0 aliphatic heterocycles. The van der Waals surface area contributed by atoms with E-state index in [9.17, 15) is 9.90 Å². The molecule has 0 aliphatic carbocycles. The van der Waals surface area contributed by atoms with Gasteiger partial charge in [-0.2, -0.15) is 0 Å². The summed E-state index contributed by atoms with van der Waals surface area (Å²) in [4.78, 5) is 10.4. The first-order valence-electron chi connectivity index (χ1n) is 4.63. The average Bonchev–Trinajstić information content (AvgIpc) is 2.18. The summed E-state index contributed by atoms with van der Waals surface area (Å²) >= 11 is 0. The molecule has 0 spiro atoms. The fraction of sp³-hybridized carbons (Fsp3) is 0.364. The highest BCUT2D eigenvalue weighted by atomic mass is 16.5. The van der Waals surface area contributed by atoms with E-state index in [4.69, 9.17) is 9.84 Å². The third kappa shape index (κ3) is 2.87. The van der Waals surface area contributed by atoms with E-state index in [2.05, 4.69) is 0 Å². The Bertz CT molecular complexity index is 371. The predicted molar refractivity (Wildman–Crippen MR) is 55.4 cm³/mol. The van der Waals surface area contributed by atoms with Crippen molar-refractivity contribution in [2.75, 3.05) is 7.11 Å². The number of phenols is 1. The molecule has 4 heteroatoms. The van der Waals surface area contributed by atoms with Crippen LogP contribution in [-0.4, -0.2) is 23.3 Å². The quantitative estimate of drug-likeness (QED) is 0.794. The summed E-state index contributed by atoms with van der Waals surface area (Å²) in [6.45, 7) is 1.87. The van der Waals surface area contributed by atoms with Crippen LogP contribution in [-0.2, 0) is 11.2 Å². The monoisotopic (exact) mass is 210 g/mol. The van der Waals surface area contributed by atoms with Crippen LogP contribution in [0.3, 0.4) is 0 Å². The van der Waals surface area contributed by atoms with Gasteiger partial charge in [0.2, 0.25) is 0 Å². The van der Waals surface area contributed by atoms with E-state index >= 15 is 0 Å². The molecule has 0 bridgehead atoms. The molecule has 0 aliphatic rings. The Balaban J connectivity index is 2.95. The highest BCUT2D eigenvalue weighted by Crippen LogP contribution is 2.31. The van der Waals surface area contributed by atoms with Gasteiger partial charge in [-0.25, -0.2) is 0 Å². The van der Waals surface area contributed by atoms with Crippen molar-refractivity contribution >= 4 is 5.97 Å². The normalized spacial score (nSPS) is 10.0. The van der Waals surface area contributed by atoms with E-state index in [1.165, 1.54) is 7.11 Å². The number of benzene rings is 1. The minimum Gasteiger partial charge on any atom is -0.504 e. The van der Waals surface area contributed by atoms with Crippen molar-refractivity contribution in [3.05, 3.63) is 23.3 Å². The number of hydrogen-bond donors (Lipinski definition) is 2. The second-order valence-electron chi connectivity index (χ2n) is 3.37. The molecule has 0 fully saturated rings. The molecular weight excluding hydrogens is 196 g/mol. The largest absolute Gasteiger partial charge is 0.504 e. The number of phenolic OH excluding ortho intramolecular Hbond substituents is 1. The fourth-order valence-corrected chi connectivity index (χ4v) is 1.41. The second kappa shape index (κ2) is 4.68. The number of ether oxygens (including phenoxy) is 1. The van der Waals surface area contributed by atoms with Crippen LogP contribution in [0.2, 0.25) is 0 Å². The summed E-state index contributed by atoms with van der Waals surface area (Å²) in [7, 11) is 1.47. The maximum absolute atomic E-state index is 10.4. The van der Waals surface area contributed by atoms with Crippen LogP contribution in [0.5, 0.6) is 11.5 Å². The molecule has 0 heterocycles. The number of aliphatic carboxylic acids is 1. The lowest BCUT2D eigenvalue weighted by atomic mass is 10.0. The van der Waals surface area contributed by atoms with Gasteiger partial charge in [-0.15, -0.1) is 0 Å². The molecule has 0 aromatic heterocycles. The Kier molecular flexibility index (Phi) is 3.55. The zero-order valence-electron chi connectivity index (χ0n) is 8.78. The third-order valence-corrected chi connectivity index (χ3v) is 2.13. The van der Waals surface area contributed by atoms with Gasteiger partial charge < -0.3 is 14.9 Å². The van der Waals surface area contributed by atoms with Gasteiger partial charge >= 0.3 is 5.97 Å². The smallest absolute Gasteiger partial charge is 0.303 e. The lowest BCUT2D eigenvalue weighted by Gasteiger charge is -2.09. The van der Waals surface area contributed by atoms with Gasteiger partial charge in [0.15, 0.2) is 11.5 Å². The van der Waals surface area contributed by atoms with Gasteiger partial charge in [-0.1, -0.05) is 6.07 Å². The fourth-order valence-electron chi connectivity index (χ4n) is 1.41. The Morgan fingerprint density at radius 3 is 2.67 bits per heavy atom. The summed E-state index contributed by atoms with van der Waals surface area (Å²) in [5.41, 5.74) is 1.54. The van der Waals surface area contributed by atoms with Gasteiger partial charge in [-0.05, 0) is 30.5 Å². The highest BCUT2D eigenvalue weighted by molar-refractivity contribution is 5.67. The Morgan fingerprint density at radius 1 is 1.47 bits per heavy atom. The van der Waals surface area contributed by atoms with Crippen LogP contribution in [0.25, 0.3) is 0 Å². The first kappa shape index (κ1) is 11.4. The van der Waals surface area contributed by atoms with Crippen molar-refractivity contribution in [3.8, 4) is 11.5 Å². The number of aromatic hydroxyl groups is 1. The van der Waals surface area contributed by atoms with Gasteiger partial charge in [-0.3, -0.25) is 4.79 Å². The zero-order valence-corrected chi connectivity index (χ0v) is 8.78. The highest BCUT2D eigenvalue weighted by Gasteiger charge is 2.10. The molecule has 0 unspecified atom stereocenters. The second-order valence-corrected chi connectivity index (χ2v) is 3.37. The van der Waals surface area contributed by atoms with Crippen LogP contribution in [0.1, 0.15) is 17.5 Å². The van der Waals surface area contributed by atoms with Crippen molar-refractivity contribution in [3.63, 3.8) is 0 Å². The molecule has 0 amide bonds. The lowest BCUT2D eigenvalue weighted by molar-refractivity contribution is -0.136. The van der Waals surface area contributed by atoms with Crippen LogP contribution < -0.4 is 4.74 Å². The Hall–Kier alpha value is -1.71. The van der Waals surface area contributed by atoms with E-state index in [1.807, 2.05) is 6.92 Å². The van der Waals surface area contributed by atoms with E-state index < -0.39 is 5.97 Å². The summed E-state index contributed by atoms with van der Waals surface area (Å²) in [6, 6.07) is 3.47. The molecule has 2 N–H and O–H groups in total. The number of carboxylic acid groups (broad SMARTS) is 1. The molecular formula is C11H14O4. The molecule has 15 heavy (non-hydrogen) atoms. The van der Waals surface area contributed by atoms with Gasteiger partial charge in [0, 0.05) is 6.42 Å². The Morgan fingerprint density at radius 2 is 2.13 bits per heavy atom. The Labute approximate surface area is 88.1 Å². The van der Waals surface area contributed by atoms with Gasteiger partial charge in [0.25, 0.3) is 0 Å². The maximum Gasteiger partial charge on any atom is 0.303 e. The maximum atomic E-state index is 10.4. The van der Waals surface area contributed by atoms with Crippen molar-refractivity contribution in [2.45, 2.75) is 19.8 Å². The molecule has 1 aromatic rings. The van der Waals surface area contributed by atoms with Crippen molar-refractivity contribution in [1.82, 2.24) is 0 Å². The zero-order chi connectivity index (χ0) is 11.4. The lowest BCUT2D eigenvalue weighted by Crippen LogP contribution is -1.99. The summed E-state index contributed by atoms with van der Waals surface area (Å²) in [5.74, 6) is -0.463. The topological polar surface area (TPSA) is 66.8 Å². The number of hydrogen-bond acceptors (Lipinski definition) is 3. The number of methoxy groups -OCH3 is 1. The van der Waals surface area contributed by atoms with Gasteiger partial charge in [0.05, 0.1) is 7.11 Å². The van der Waals surface area contributed by atoms with Crippen molar-refractivity contribution in [1.29, 1.82) is 0 Å². The minimum absolute atomic E-state index is 0.000166. The number of carbonyl (C=O) groups is 1. The number of rotatable bonds is 4. The first-order valence-corrected chi connectivity index (χ1v) is 4.63. The van der Waals surface area contributed by atoms with Gasteiger partial charge in [0.1, 0.15) is 0 Å². The molecule has 1 aromatic carbocycles. The molecule has 0 radical (unpaired) electrons. The van der Waals surface area contributed by atoms with Crippen LogP contribution >= 0.6 is 0 Å². The third-order valence-electron chi connectivity index (χ3n) is 2.13. The minimum atomic E-state index is -0.880. The molecule has 0 atom stereocenters. The van der Waals surface area contributed by atoms with Crippen LogP contribution in [0.15, 0.2) is 12.1 Å². The van der Waals surface area contributed by atoms with E-state index in [-0.39, 0.29) is 12.2 Å². The summed E-state index contributed by atoms with van der Waals surface area (Å²) in [5, 5.41) is 18.3. The molecule has 0 saturated carbocycles. The molecule has 1 rings (SSSR count). The standard InChI is InChI=1S/C11H14O4/c1-7-5-8(3-4-10(12)13)11(14)9(6-7)15-2/h5-6,14H,3-4H2,1-2H3,(H,12,13). The van der Waals surface area contributed by atoms with Crippen molar-refractivity contribution in [2.24, 2.45) is 0 Å². The molecule has 82 valence electrons. The average molecular weight is 210 g/mol. The predicted octanol–water partition coefficient (Wildman–Crippen LogP) is 1.73. The van der Waals surface area contributed by atoms with Crippen LogP contribution in [0.4, 0.5) is 0 Å². The summed E-state index contributed by atoms with van der Waals surface area (Å²) in [6.07, 6.45) is 0.305. The first-order chi connectivity index (χ1) is 7.04. The van der Waals surface area contributed by atoms with E-state index in [0.29, 0.717) is 17.7 Å². The number of aryl methyl sites for hydroxylation is 2.